The fraction of sp³-hybridized carbons (Fsp3) is 0.304. The normalized spacial score (nSPS) is 24.9. The van der Waals surface area contributed by atoms with Gasteiger partial charge >= 0.3 is 0 Å². The van der Waals surface area contributed by atoms with Crippen molar-refractivity contribution in [1.82, 2.24) is 9.97 Å². The molecule has 3 heterocycles. The summed E-state index contributed by atoms with van der Waals surface area (Å²) >= 11 is 1.09. The second kappa shape index (κ2) is 8.23. The summed E-state index contributed by atoms with van der Waals surface area (Å²) in [6.45, 7) is 4.37. The van der Waals surface area contributed by atoms with Crippen LogP contribution in [-0.4, -0.2) is 26.6 Å². The van der Waals surface area contributed by atoms with Gasteiger partial charge in [0.05, 0.1) is 15.8 Å². The molecule has 0 bridgehead atoms. The first-order valence-corrected chi connectivity index (χ1v) is 10.9. The molecule has 0 fully saturated rings. The zero-order valence-electron chi connectivity index (χ0n) is 18.2. The summed E-state index contributed by atoms with van der Waals surface area (Å²) < 4.78 is 42.8. The summed E-state index contributed by atoms with van der Waals surface area (Å²) in [4.78, 5) is 13.0. The maximum atomic E-state index is 15.1. The quantitative estimate of drug-likeness (QED) is 0.546. The molecule has 0 unspecified atom stereocenters. The van der Waals surface area contributed by atoms with Gasteiger partial charge in [0.25, 0.3) is 0 Å². The van der Waals surface area contributed by atoms with Gasteiger partial charge in [-0.25, -0.2) is 18.2 Å². The number of benzene rings is 1. The van der Waals surface area contributed by atoms with Crippen molar-refractivity contribution < 1.29 is 13.2 Å². The first-order valence-electron chi connectivity index (χ1n) is 10.1. The number of hydrogen-bond donors (Lipinski definition) is 2. The molecule has 6 nitrogen and oxygen atoms in total. The first-order chi connectivity index (χ1) is 15.6. The molecular formula is C23H21F3N6S. The summed E-state index contributed by atoms with van der Waals surface area (Å²) in [5.41, 5.74) is 5.70. The predicted octanol–water partition coefficient (Wildman–Crippen LogP) is 5.16. The highest BCUT2D eigenvalue weighted by Crippen LogP contribution is 2.51. The van der Waals surface area contributed by atoms with Gasteiger partial charge in [0.15, 0.2) is 22.6 Å². The van der Waals surface area contributed by atoms with Crippen LogP contribution in [0.3, 0.4) is 0 Å². The number of nitriles is 1. The van der Waals surface area contributed by atoms with Crippen molar-refractivity contribution in [2.24, 2.45) is 16.6 Å². The van der Waals surface area contributed by atoms with E-state index in [4.69, 9.17) is 11.0 Å². The average Bonchev–Trinajstić information content (AvgIpc) is 2.79. The Morgan fingerprint density at radius 2 is 2.00 bits per heavy atom. The number of fused-ring (bicyclic) bond motifs is 1. The number of nitrogens with zero attached hydrogens (tertiary/aromatic N) is 4. The molecule has 0 radical (unpaired) electrons. The number of anilines is 2. The minimum absolute atomic E-state index is 0.0413. The van der Waals surface area contributed by atoms with Gasteiger partial charge < -0.3 is 11.1 Å². The number of halogens is 3. The molecule has 10 heteroatoms. The Morgan fingerprint density at radius 1 is 1.24 bits per heavy atom. The lowest BCUT2D eigenvalue weighted by molar-refractivity contribution is 0.220. The Balaban J connectivity index is 1.82. The van der Waals surface area contributed by atoms with Crippen molar-refractivity contribution >= 4 is 39.3 Å². The zero-order chi connectivity index (χ0) is 24.0. The van der Waals surface area contributed by atoms with E-state index in [0.717, 1.165) is 17.8 Å². The molecule has 4 rings (SSSR count). The van der Waals surface area contributed by atoms with Crippen molar-refractivity contribution in [3.63, 3.8) is 0 Å². The number of nitrogens with one attached hydrogen (secondary N) is 1. The summed E-state index contributed by atoms with van der Waals surface area (Å²) in [5, 5.41) is 12.9. The second-order valence-corrected chi connectivity index (χ2v) is 9.93. The minimum atomic E-state index is -1.30. The molecule has 0 aliphatic carbocycles. The van der Waals surface area contributed by atoms with Gasteiger partial charge in [-0.05, 0) is 32.0 Å². The molecule has 0 amide bonds. The largest absolute Gasteiger partial charge is 0.378 e. The molecule has 0 saturated heterocycles. The predicted molar refractivity (Wildman–Crippen MR) is 124 cm³/mol. The Bertz CT molecular complexity index is 1320. The van der Waals surface area contributed by atoms with Crippen molar-refractivity contribution in [2.75, 3.05) is 12.0 Å². The zero-order valence-corrected chi connectivity index (χ0v) is 19.0. The number of aliphatic imine (C=N–C) groups is 1. The highest BCUT2D eigenvalue weighted by Gasteiger charge is 2.50. The van der Waals surface area contributed by atoms with Crippen molar-refractivity contribution in [1.29, 1.82) is 5.26 Å². The highest BCUT2D eigenvalue weighted by atomic mass is 32.2. The summed E-state index contributed by atoms with van der Waals surface area (Å²) in [7, 11) is 0. The van der Waals surface area contributed by atoms with Crippen LogP contribution in [0.25, 0.3) is 10.9 Å². The van der Waals surface area contributed by atoms with Crippen LogP contribution in [0.2, 0.25) is 0 Å². The monoisotopic (exact) mass is 470 g/mol. The van der Waals surface area contributed by atoms with Crippen LogP contribution in [0.1, 0.15) is 31.9 Å². The fourth-order valence-corrected chi connectivity index (χ4v) is 5.26. The molecule has 0 saturated carbocycles. The lowest BCUT2D eigenvalue weighted by Gasteiger charge is -2.46. The van der Waals surface area contributed by atoms with E-state index < -0.39 is 34.5 Å². The highest BCUT2D eigenvalue weighted by molar-refractivity contribution is 8.15. The lowest BCUT2D eigenvalue weighted by Crippen LogP contribution is -2.49. The van der Waals surface area contributed by atoms with E-state index in [0.29, 0.717) is 22.3 Å². The molecule has 1 aromatic carbocycles. The maximum Gasteiger partial charge on any atom is 0.164 e. The van der Waals surface area contributed by atoms with Gasteiger partial charge in [0.2, 0.25) is 0 Å². The maximum absolute atomic E-state index is 15.1. The molecular weight excluding hydrogens is 449 g/mol. The van der Waals surface area contributed by atoms with Gasteiger partial charge in [-0.15, -0.1) is 0 Å². The number of nitrogens with two attached hydrogens (primary N) is 1. The lowest BCUT2D eigenvalue weighted by atomic mass is 9.74. The first kappa shape index (κ1) is 22.9. The Hall–Kier alpha value is -3.32. The Morgan fingerprint density at radius 3 is 2.70 bits per heavy atom. The third-order valence-electron chi connectivity index (χ3n) is 6.27. The number of thioether (sulfide) groups is 1. The fourth-order valence-electron chi connectivity index (χ4n) is 4.09. The second-order valence-electron chi connectivity index (χ2n) is 8.38. The topological polar surface area (TPSA) is 100.0 Å². The summed E-state index contributed by atoms with van der Waals surface area (Å²) in [6, 6.07) is 7.82. The number of hydrogen-bond acceptors (Lipinski definition) is 7. The van der Waals surface area contributed by atoms with Crippen LogP contribution in [0.5, 0.6) is 0 Å². The minimum Gasteiger partial charge on any atom is -0.378 e. The van der Waals surface area contributed by atoms with E-state index in [1.54, 1.807) is 32.9 Å². The van der Waals surface area contributed by atoms with Crippen molar-refractivity contribution in [2.45, 2.75) is 31.1 Å². The van der Waals surface area contributed by atoms with Gasteiger partial charge in [-0.2, -0.15) is 5.26 Å². The van der Waals surface area contributed by atoms with E-state index in [1.165, 1.54) is 18.5 Å². The van der Waals surface area contributed by atoms with E-state index in [1.807, 2.05) is 6.07 Å². The number of amidine groups is 1. The molecule has 170 valence electrons. The SMILES string of the molecule is C[C@@H]1[C@@](C)(CF)SC(N)=N[C@]1(C)c1cc(Nc2nccc3cc(C#N)cnc23)cc(F)c1F. The molecule has 2 aromatic heterocycles. The van der Waals surface area contributed by atoms with Crippen LogP contribution in [0.15, 0.2) is 41.7 Å². The molecule has 1 aliphatic rings. The van der Waals surface area contributed by atoms with Gasteiger partial charge in [0, 0.05) is 41.0 Å². The van der Waals surface area contributed by atoms with E-state index in [2.05, 4.69) is 20.3 Å². The third-order valence-corrected chi connectivity index (χ3v) is 7.50. The van der Waals surface area contributed by atoms with Crippen molar-refractivity contribution in [3.05, 3.63) is 59.4 Å². The summed E-state index contributed by atoms with van der Waals surface area (Å²) in [6.07, 6.45) is 2.93. The van der Waals surface area contributed by atoms with Crippen LogP contribution in [-0.2, 0) is 5.54 Å². The number of rotatable bonds is 4. The molecule has 3 atom stereocenters. The van der Waals surface area contributed by atoms with Gasteiger partial charge in [-0.1, -0.05) is 18.7 Å². The van der Waals surface area contributed by atoms with Crippen molar-refractivity contribution in [3.8, 4) is 6.07 Å². The number of pyridine rings is 2. The van der Waals surface area contributed by atoms with Gasteiger partial charge in [0.1, 0.15) is 18.3 Å². The van der Waals surface area contributed by atoms with Crippen LogP contribution in [0, 0.1) is 28.9 Å². The molecule has 1 aliphatic heterocycles. The number of aromatic nitrogens is 2. The Labute approximate surface area is 193 Å². The Kier molecular flexibility index (Phi) is 5.70. The molecule has 0 spiro atoms. The molecule has 33 heavy (non-hydrogen) atoms. The third kappa shape index (κ3) is 3.86. The summed E-state index contributed by atoms with van der Waals surface area (Å²) in [5.74, 6) is -2.35. The number of alkyl halides is 1. The van der Waals surface area contributed by atoms with Crippen LogP contribution >= 0.6 is 11.8 Å². The van der Waals surface area contributed by atoms with Crippen LogP contribution in [0.4, 0.5) is 24.7 Å². The smallest absolute Gasteiger partial charge is 0.164 e. The van der Waals surface area contributed by atoms with E-state index >= 15 is 4.39 Å². The van der Waals surface area contributed by atoms with E-state index in [-0.39, 0.29) is 16.4 Å². The molecule has 3 aromatic rings. The standard InChI is InChI=1S/C23H21F3N6S/c1-12-22(2,11-24)33-21(28)32-23(12,3)16-7-15(8-17(25)18(16)26)31-20-19-14(4-5-29-20)6-13(9-27)10-30-19/h4-8,10,12H,11H2,1-3H3,(H2,28,32)(H,29,31)/t12-,22-,23+/m1/s1. The van der Waals surface area contributed by atoms with Crippen LogP contribution < -0.4 is 11.1 Å². The van der Waals surface area contributed by atoms with Gasteiger partial charge in [-0.3, -0.25) is 9.98 Å². The molecule has 3 N–H and O–H groups in total. The average molecular weight is 471 g/mol. The van der Waals surface area contributed by atoms with E-state index in [9.17, 15) is 8.78 Å².